The monoisotopic (exact) mass is 422 g/mol. The Balaban J connectivity index is 1.71. The zero-order chi connectivity index (χ0) is 22.2. The summed E-state index contributed by atoms with van der Waals surface area (Å²) in [5.74, 6) is 0.335. The smallest absolute Gasteiger partial charge is 0.272 e. The van der Waals surface area contributed by atoms with Crippen molar-refractivity contribution in [3.8, 4) is 0 Å². The molecule has 0 atom stereocenters. The Morgan fingerprint density at radius 1 is 0.875 bits per heavy atom. The number of nitrogens with zero attached hydrogens (tertiary/aromatic N) is 4. The lowest BCUT2D eigenvalue weighted by atomic mass is 10.1. The predicted octanol–water partition coefficient (Wildman–Crippen LogP) is 3.86. The van der Waals surface area contributed by atoms with Gasteiger partial charge < -0.3 is 0 Å². The standard InChI is InChI=1S/C26H22N4O2/c1-3-19-12-14-21(15-13-19)17-29-26(32)30-23-7-5-4-6-22(23)24(31)28(25(30)27-29)16-20-10-8-18(2)9-11-20/h3-15H,1,16-17H2,2H3. The molecule has 0 unspecified atom stereocenters. The summed E-state index contributed by atoms with van der Waals surface area (Å²) < 4.78 is 4.52. The van der Waals surface area contributed by atoms with Crippen LogP contribution in [0.25, 0.3) is 22.8 Å². The minimum absolute atomic E-state index is 0.166. The first kappa shape index (κ1) is 19.8. The van der Waals surface area contributed by atoms with Gasteiger partial charge in [0.1, 0.15) is 0 Å². The van der Waals surface area contributed by atoms with Crippen LogP contribution in [0, 0.1) is 6.92 Å². The van der Waals surface area contributed by atoms with E-state index < -0.39 is 0 Å². The first-order valence-electron chi connectivity index (χ1n) is 10.4. The second kappa shape index (κ2) is 7.81. The summed E-state index contributed by atoms with van der Waals surface area (Å²) in [4.78, 5) is 26.7. The zero-order valence-electron chi connectivity index (χ0n) is 17.7. The molecule has 6 heteroatoms. The molecular formula is C26H22N4O2. The van der Waals surface area contributed by atoms with Crippen molar-refractivity contribution in [3.05, 3.63) is 122 Å². The fraction of sp³-hybridized carbons (Fsp3) is 0.115. The lowest BCUT2D eigenvalue weighted by Gasteiger charge is -2.10. The van der Waals surface area contributed by atoms with Crippen LogP contribution in [0.4, 0.5) is 0 Å². The van der Waals surface area contributed by atoms with Crippen molar-refractivity contribution in [2.75, 3.05) is 0 Å². The van der Waals surface area contributed by atoms with Crippen LogP contribution in [0.2, 0.25) is 0 Å². The lowest BCUT2D eigenvalue weighted by molar-refractivity contribution is 0.654. The van der Waals surface area contributed by atoms with Gasteiger partial charge in [0, 0.05) is 0 Å². The van der Waals surface area contributed by atoms with E-state index in [4.69, 9.17) is 0 Å². The van der Waals surface area contributed by atoms with E-state index in [1.165, 1.54) is 9.08 Å². The number of aryl methyl sites for hydroxylation is 1. The Bertz CT molecular complexity index is 1570. The summed E-state index contributed by atoms with van der Waals surface area (Å²) in [6.45, 7) is 6.43. The Morgan fingerprint density at radius 3 is 2.25 bits per heavy atom. The Labute approximate surface area is 184 Å². The summed E-state index contributed by atoms with van der Waals surface area (Å²) in [6, 6.07) is 23.0. The number of fused-ring (bicyclic) bond motifs is 3. The van der Waals surface area contributed by atoms with Crippen molar-refractivity contribution in [2.45, 2.75) is 20.0 Å². The molecule has 5 rings (SSSR count). The maximum Gasteiger partial charge on any atom is 0.352 e. The Hall–Kier alpha value is -4.19. The maximum atomic E-state index is 13.4. The van der Waals surface area contributed by atoms with Crippen LogP contribution in [0.1, 0.15) is 22.3 Å². The molecule has 0 fully saturated rings. The molecule has 0 N–H and O–H groups in total. The third-order valence-corrected chi connectivity index (χ3v) is 5.69. The van der Waals surface area contributed by atoms with Crippen molar-refractivity contribution in [3.63, 3.8) is 0 Å². The molecular weight excluding hydrogens is 400 g/mol. The van der Waals surface area contributed by atoms with Crippen molar-refractivity contribution in [2.24, 2.45) is 0 Å². The van der Waals surface area contributed by atoms with Crippen LogP contribution < -0.4 is 11.2 Å². The fourth-order valence-electron chi connectivity index (χ4n) is 3.92. The summed E-state index contributed by atoms with van der Waals surface area (Å²) in [7, 11) is 0. The average Bonchev–Trinajstić information content (AvgIpc) is 3.14. The molecule has 0 aliphatic heterocycles. The van der Waals surface area contributed by atoms with Gasteiger partial charge in [-0.3, -0.25) is 9.36 Å². The number of aromatic nitrogens is 4. The van der Waals surface area contributed by atoms with Gasteiger partial charge in [0.25, 0.3) is 5.56 Å². The third kappa shape index (κ3) is 3.36. The summed E-state index contributed by atoms with van der Waals surface area (Å²) >= 11 is 0. The van der Waals surface area contributed by atoms with E-state index in [0.29, 0.717) is 29.8 Å². The molecule has 2 aromatic heterocycles. The van der Waals surface area contributed by atoms with Crippen molar-refractivity contribution in [1.29, 1.82) is 0 Å². The largest absolute Gasteiger partial charge is 0.352 e. The van der Waals surface area contributed by atoms with Crippen LogP contribution in [0.15, 0.2) is 89.0 Å². The molecule has 0 aliphatic carbocycles. The quantitative estimate of drug-likeness (QED) is 0.432. The highest BCUT2D eigenvalue weighted by atomic mass is 16.2. The summed E-state index contributed by atoms with van der Waals surface area (Å²) in [5.41, 5.74) is 4.19. The fourth-order valence-corrected chi connectivity index (χ4v) is 3.92. The van der Waals surface area contributed by atoms with E-state index in [9.17, 15) is 9.59 Å². The molecule has 0 saturated heterocycles. The predicted molar refractivity (Wildman–Crippen MR) is 127 cm³/mol. The van der Waals surface area contributed by atoms with Gasteiger partial charge in [-0.2, -0.15) is 0 Å². The Morgan fingerprint density at radius 2 is 1.53 bits per heavy atom. The molecule has 3 aromatic carbocycles. The van der Waals surface area contributed by atoms with Crippen LogP contribution in [0.3, 0.4) is 0 Å². The van der Waals surface area contributed by atoms with Gasteiger partial charge in [-0.1, -0.05) is 78.9 Å². The zero-order valence-corrected chi connectivity index (χ0v) is 17.7. The number of hydrogen-bond donors (Lipinski definition) is 0. The molecule has 5 aromatic rings. The van der Waals surface area contributed by atoms with E-state index in [1.807, 2.05) is 67.6 Å². The van der Waals surface area contributed by atoms with Crippen LogP contribution >= 0.6 is 0 Å². The Kier molecular flexibility index (Phi) is 4.82. The highest BCUT2D eigenvalue weighted by Crippen LogP contribution is 2.14. The molecule has 0 saturated carbocycles. The first-order valence-corrected chi connectivity index (χ1v) is 10.4. The van der Waals surface area contributed by atoms with Crippen LogP contribution in [0.5, 0.6) is 0 Å². The van der Waals surface area contributed by atoms with Gasteiger partial charge in [-0.05, 0) is 35.7 Å². The molecule has 0 bridgehead atoms. The lowest BCUT2D eigenvalue weighted by Crippen LogP contribution is -2.27. The molecule has 0 spiro atoms. The molecule has 2 heterocycles. The van der Waals surface area contributed by atoms with Gasteiger partial charge in [0.2, 0.25) is 5.78 Å². The number of rotatable bonds is 5. The maximum absolute atomic E-state index is 13.4. The average molecular weight is 422 g/mol. The molecule has 158 valence electrons. The van der Waals surface area contributed by atoms with Crippen molar-refractivity contribution < 1.29 is 0 Å². The minimum atomic E-state index is -0.276. The normalized spacial score (nSPS) is 11.3. The highest BCUT2D eigenvalue weighted by Gasteiger charge is 2.17. The van der Waals surface area contributed by atoms with Gasteiger partial charge in [-0.15, -0.1) is 5.10 Å². The third-order valence-electron chi connectivity index (χ3n) is 5.69. The second-order valence-corrected chi connectivity index (χ2v) is 7.92. The van der Waals surface area contributed by atoms with Crippen LogP contribution in [-0.2, 0) is 13.1 Å². The van der Waals surface area contributed by atoms with Gasteiger partial charge in [-0.25, -0.2) is 13.9 Å². The first-order chi connectivity index (χ1) is 15.5. The van der Waals surface area contributed by atoms with E-state index in [2.05, 4.69) is 11.7 Å². The minimum Gasteiger partial charge on any atom is -0.272 e. The SMILES string of the molecule is C=Cc1ccc(Cn2nc3n(Cc4ccc(C)cc4)c(=O)c4ccccc4n3c2=O)cc1. The van der Waals surface area contributed by atoms with Gasteiger partial charge in [0.15, 0.2) is 0 Å². The number of hydrogen-bond acceptors (Lipinski definition) is 3. The number of benzene rings is 3. The molecule has 0 radical (unpaired) electrons. The van der Waals surface area contributed by atoms with Crippen molar-refractivity contribution in [1.82, 2.24) is 18.7 Å². The van der Waals surface area contributed by atoms with E-state index in [0.717, 1.165) is 22.3 Å². The van der Waals surface area contributed by atoms with Crippen LogP contribution in [-0.4, -0.2) is 18.7 Å². The molecule has 32 heavy (non-hydrogen) atoms. The van der Waals surface area contributed by atoms with E-state index >= 15 is 0 Å². The van der Waals surface area contributed by atoms with Crippen molar-refractivity contribution >= 4 is 22.8 Å². The molecule has 0 amide bonds. The molecule has 0 aliphatic rings. The summed E-state index contributed by atoms with van der Waals surface area (Å²) in [6.07, 6.45) is 1.77. The number of para-hydroxylation sites is 1. The van der Waals surface area contributed by atoms with Gasteiger partial charge in [0.05, 0.1) is 24.0 Å². The molecule has 6 nitrogen and oxygen atoms in total. The van der Waals surface area contributed by atoms with Gasteiger partial charge >= 0.3 is 5.69 Å². The summed E-state index contributed by atoms with van der Waals surface area (Å²) in [5, 5.41) is 5.07. The van der Waals surface area contributed by atoms with E-state index in [-0.39, 0.29) is 11.2 Å². The van der Waals surface area contributed by atoms with E-state index in [1.54, 1.807) is 22.8 Å². The highest BCUT2D eigenvalue weighted by molar-refractivity contribution is 5.80. The second-order valence-electron chi connectivity index (χ2n) is 7.92. The topological polar surface area (TPSA) is 61.3 Å².